The van der Waals surface area contributed by atoms with Gasteiger partial charge in [-0.1, -0.05) is 5.16 Å². The van der Waals surface area contributed by atoms with Crippen LogP contribution in [0.25, 0.3) is 0 Å². The van der Waals surface area contributed by atoms with Crippen LogP contribution in [-0.4, -0.2) is 23.6 Å². The normalized spacial score (nSPS) is 11.3. The highest BCUT2D eigenvalue weighted by Gasteiger charge is 2.07. The molecule has 0 amide bonds. The van der Waals surface area contributed by atoms with E-state index in [2.05, 4.69) is 10.1 Å². The van der Waals surface area contributed by atoms with Gasteiger partial charge in [-0.15, -0.1) is 11.3 Å². The summed E-state index contributed by atoms with van der Waals surface area (Å²) in [5, 5.41) is 5.53. The van der Waals surface area contributed by atoms with Crippen molar-refractivity contribution in [2.24, 2.45) is 5.16 Å². The average molecular weight is 198 g/mol. The lowest BCUT2D eigenvalue weighted by Gasteiger charge is -1.93. The van der Waals surface area contributed by atoms with Gasteiger partial charge in [-0.25, -0.2) is 4.98 Å². The van der Waals surface area contributed by atoms with E-state index in [4.69, 9.17) is 10.6 Å². The lowest BCUT2D eigenvalue weighted by molar-refractivity contribution is 0.159. The number of thiazole rings is 1. The van der Waals surface area contributed by atoms with Crippen LogP contribution in [0.3, 0.4) is 0 Å². The van der Waals surface area contributed by atoms with Gasteiger partial charge in [0.25, 0.3) is 6.29 Å². The first-order valence-corrected chi connectivity index (χ1v) is 4.45. The van der Waals surface area contributed by atoms with Crippen LogP contribution < -0.4 is 5.73 Å². The third-order valence-electron chi connectivity index (χ3n) is 1.15. The molecule has 1 radical (unpaired) electrons. The number of oxime groups is 1. The standard InChI is InChI=1S/C7H8N3O2S/c1-2-12-10-5(3-11)6-4-13-7(8)9-6/h4H,2H2,1H3,(H2,8,9). The molecule has 2 N–H and O–H groups in total. The Kier molecular flexibility index (Phi) is 3.39. The molecule has 0 aliphatic carbocycles. The second-order valence-electron chi connectivity index (χ2n) is 2.03. The molecule has 0 atom stereocenters. The fourth-order valence-corrected chi connectivity index (χ4v) is 1.19. The zero-order chi connectivity index (χ0) is 9.68. The quantitative estimate of drug-likeness (QED) is 0.567. The number of nitrogen functional groups attached to an aromatic ring is 1. The van der Waals surface area contributed by atoms with Crippen LogP contribution in [0.5, 0.6) is 0 Å². The van der Waals surface area contributed by atoms with E-state index < -0.39 is 0 Å². The monoisotopic (exact) mass is 198 g/mol. The molecule has 0 saturated carbocycles. The Morgan fingerprint density at radius 1 is 1.92 bits per heavy atom. The third kappa shape index (κ3) is 2.51. The molecule has 0 aliphatic rings. The molecule has 0 bridgehead atoms. The van der Waals surface area contributed by atoms with Crippen molar-refractivity contribution in [3.63, 3.8) is 0 Å². The molecule has 13 heavy (non-hydrogen) atoms. The molecule has 1 aromatic rings. The Balaban J connectivity index is 2.84. The molecule has 0 unspecified atom stereocenters. The van der Waals surface area contributed by atoms with Gasteiger partial charge < -0.3 is 10.6 Å². The Morgan fingerprint density at radius 3 is 3.15 bits per heavy atom. The molecule has 0 aliphatic heterocycles. The minimum absolute atomic E-state index is 0.0369. The number of nitrogens with two attached hydrogens (primary N) is 1. The number of carbonyl (C=O) groups excluding carboxylic acids is 1. The third-order valence-corrected chi connectivity index (χ3v) is 1.82. The maximum atomic E-state index is 10.4. The molecule has 6 heteroatoms. The SMILES string of the molecule is CCON=C([C]=O)c1csc(N)n1. The van der Waals surface area contributed by atoms with E-state index in [9.17, 15) is 4.79 Å². The number of anilines is 1. The summed E-state index contributed by atoms with van der Waals surface area (Å²) in [6, 6.07) is 0. The molecule has 1 rings (SSSR count). The minimum atomic E-state index is 0.0369. The summed E-state index contributed by atoms with van der Waals surface area (Å²) in [7, 11) is 0. The van der Waals surface area contributed by atoms with Crippen molar-refractivity contribution in [2.45, 2.75) is 6.92 Å². The van der Waals surface area contributed by atoms with E-state index in [1.165, 1.54) is 11.3 Å². The Bertz CT molecular complexity index is 321. The van der Waals surface area contributed by atoms with Gasteiger partial charge in [0, 0.05) is 5.38 Å². The van der Waals surface area contributed by atoms with Gasteiger partial charge in [-0.3, -0.25) is 4.79 Å². The molecule has 0 spiro atoms. The summed E-state index contributed by atoms with van der Waals surface area (Å²) in [6.07, 6.45) is 1.63. The molecule has 5 nitrogen and oxygen atoms in total. The first-order valence-electron chi connectivity index (χ1n) is 3.57. The highest BCUT2D eigenvalue weighted by Crippen LogP contribution is 2.11. The number of aromatic nitrogens is 1. The van der Waals surface area contributed by atoms with Crippen molar-refractivity contribution in [3.8, 4) is 0 Å². The van der Waals surface area contributed by atoms with E-state index in [1.54, 1.807) is 18.6 Å². The predicted molar refractivity (Wildman–Crippen MR) is 50.4 cm³/mol. The van der Waals surface area contributed by atoms with Crippen molar-refractivity contribution < 1.29 is 9.63 Å². The van der Waals surface area contributed by atoms with Crippen molar-refractivity contribution >= 4 is 28.5 Å². The summed E-state index contributed by atoms with van der Waals surface area (Å²) >= 11 is 1.23. The summed E-state index contributed by atoms with van der Waals surface area (Å²) in [5.41, 5.74) is 5.81. The van der Waals surface area contributed by atoms with Crippen LogP contribution in [0.15, 0.2) is 10.5 Å². The van der Waals surface area contributed by atoms with Crippen LogP contribution in [0, 0.1) is 0 Å². The summed E-state index contributed by atoms with van der Waals surface area (Å²) < 4.78 is 0. The second-order valence-corrected chi connectivity index (χ2v) is 2.92. The maximum Gasteiger partial charge on any atom is 0.259 e. The number of hydrogen-bond donors (Lipinski definition) is 1. The van der Waals surface area contributed by atoms with Crippen LogP contribution >= 0.6 is 11.3 Å². The molecule has 0 saturated heterocycles. The van der Waals surface area contributed by atoms with Crippen molar-refractivity contribution in [1.82, 2.24) is 4.98 Å². The van der Waals surface area contributed by atoms with Crippen molar-refractivity contribution in [2.75, 3.05) is 12.3 Å². The molecule has 0 aromatic carbocycles. The van der Waals surface area contributed by atoms with Gasteiger partial charge in [-0.2, -0.15) is 0 Å². The van der Waals surface area contributed by atoms with Crippen LogP contribution in [0.1, 0.15) is 12.6 Å². The summed E-state index contributed by atoms with van der Waals surface area (Å²) in [5.74, 6) is 0. The van der Waals surface area contributed by atoms with Gasteiger partial charge in [0.1, 0.15) is 12.3 Å². The van der Waals surface area contributed by atoms with E-state index in [-0.39, 0.29) is 5.71 Å². The average Bonchev–Trinajstić information content (AvgIpc) is 2.54. The highest BCUT2D eigenvalue weighted by molar-refractivity contribution is 7.13. The Labute approximate surface area is 79.2 Å². The summed E-state index contributed by atoms with van der Waals surface area (Å²) in [4.78, 5) is 19.0. The summed E-state index contributed by atoms with van der Waals surface area (Å²) in [6.45, 7) is 2.16. The van der Waals surface area contributed by atoms with E-state index in [1.807, 2.05) is 0 Å². The zero-order valence-corrected chi connectivity index (χ0v) is 7.80. The van der Waals surface area contributed by atoms with E-state index >= 15 is 0 Å². The van der Waals surface area contributed by atoms with Crippen LogP contribution in [0.2, 0.25) is 0 Å². The topological polar surface area (TPSA) is 77.6 Å². The predicted octanol–water partition coefficient (Wildman–Crippen LogP) is 0.576. The van der Waals surface area contributed by atoms with Crippen LogP contribution in [-0.2, 0) is 9.63 Å². The molecule has 0 fully saturated rings. The molecular formula is C7H8N3O2S. The van der Waals surface area contributed by atoms with Crippen molar-refractivity contribution in [3.05, 3.63) is 11.1 Å². The first kappa shape index (κ1) is 9.66. The largest absolute Gasteiger partial charge is 0.395 e. The van der Waals surface area contributed by atoms with E-state index in [0.717, 1.165) is 0 Å². The van der Waals surface area contributed by atoms with Gasteiger partial charge in [0.05, 0.1) is 0 Å². The lowest BCUT2D eigenvalue weighted by atomic mass is 10.3. The first-order chi connectivity index (χ1) is 6.27. The molecule has 1 aromatic heterocycles. The van der Waals surface area contributed by atoms with Gasteiger partial charge in [0.15, 0.2) is 10.8 Å². The fraction of sp³-hybridized carbons (Fsp3) is 0.286. The zero-order valence-electron chi connectivity index (χ0n) is 6.98. The molecule has 69 valence electrons. The molecular weight excluding hydrogens is 190 g/mol. The second kappa shape index (κ2) is 4.56. The minimum Gasteiger partial charge on any atom is -0.395 e. The van der Waals surface area contributed by atoms with Crippen molar-refractivity contribution in [1.29, 1.82) is 0 Å². The Morgan fingerprint density at radius 2 is 2.69 bits per heavy atom. The van der Waals surface area contributed by atoms with E-state index in [0.29, 0.717) is 17.4 Å². The smallest absolute Gasteiger partial charge is 0.259 e. The van der Waals surface area contributed by atoms with Gasteiger partial charge >= 0.3 is 0 Å². The lowest BCUT2D eigenvalue weighted by Crippen LogP contribution is -2.04. The number of hydrogen-bond acceptors (Lipinski definition) is 6. The number of rotatable bonds is 4. The fourth-order valence-electron chi connectivity index (χ4n) is 0.643. The molecule has 1 heterocycles. The Hall–Kier alpha value is -1.43. The highest BCUT2D eigenvalue weighted by atomic mass is 32.1. The van der Waals surface area contributed by atoms with Gasteiger partial charge in [0.2, 0.25) is 0 Å². The van der Waals surface area contributed by atoms with Gasteiger partial charge in [-0.05, 0) is 6.92 Å². The number of nitrogens with zero attached hydrogens (tertiary/aromatic N) is 2. The maximum absolute atomic E-state index is 10.4. The van der Waals surface area contributed by atoms with Crippen LogP contribution in [0.4, 0.5) is 5.13 Å².